The first-order valence-corrected chi connectivity index (χ1v) is 7.77. The molecule has 0 radical (unpaired) electrons. The summed E-state index contributed by atoms with van der Waals surface area (Å²) in [7, 11) is 0. The molecule has 3 aromatic rings. The van der Waals surface area contributed by atoms with E-state index in [-0.39, 0.29) is 5.91 Å². The van der Waals surface area contributed by atoms with Crippen LogP contribution >= 0.6 is 0 Å². The minimum atomic E-state index is -0.168. The third-order valence-corrected chi connectivity index (χ3v) is 3.58. The van der Waals surface area contributed by atoms with E-state index in [1.165, 1.54) is 11.1 Å². The average Bonchev–Trinajstić information content (AvgIpc) is 2.56. The van der Waals surface area contributed by atoms with Gasteiger partial charge in [0.15, 0.2) is 0 Å². The highest BCUT2D eigenvalue weighted by Gasteiger charge is 2.05. The Morgan fingerprint density at radius 1 is 0.875 bits per heavy atom. The van der Waals surface area contributed by atoms with E-state index in [1.807, 2.05) is 24.3 Å². The van der Waals surface area contributed by atoms with Crippen molar-refractivity contribution in [2.75, 3.05) is 10.6 Å². The molecular weight excluding hydrogens is 298 g/mol. The van der Waals surface area contributed by atoms with Crippen LogP contribution in [0.3, 0.4) is 0 Å². The second-order valence-electron chi connectivity index (χ2n) is 5.77. The smallest absolute Gasteiger partial charge is 0.257 e. The normalized spacial score (nSPS) is 10.2. The highest BCUT2D eigenvalue weighted by Crippen LogP contribution is 2.21. The van der Waals surface area contributed by atoms with Gasteiger partial charge in [-0.1, -0.05) is 6.07 Å². The molecular formula is C20H19N3O. The van der Waals surface area contributed by atoms with Gasteiger partial charge >= 0.3 is 0 Å². The quantitative estimate of drug-likeness (QED) is 0.733. The first-order valence-electron chi connectivity index (χ1n) is 7.77. The van der Waals surface area contributed by atoms with Crippen LogP contribution in [-0.4, -0.2) is 10.9 Å². The number of benzene rings is 2. The van der Waals surface area contributed by atoms with Gasteiger partial charge in [0, 0.05) is 29.5 Å². The third-order valence-electron chi connectivity index (χ3n) is 3.58. The summed E-state index contributed by atoms with van der Waals surface area (Å²) in [5.74, 6) is -0.168. The number of amides is 1. The zero-order valence-electron chi connectivity index (χ0n) is 13.7. The summed E-state index contributed by atoms with van der Waals surface area (Å²) in [6, 6.07) is 17.5. The number of anilines is 3. The Balaban J connectivity index is 1.68. The van der Waals surface area contributed by atoms with Gasteiger partial charge in [0.25, 0.3) is 5.91 Å². The molecule has 2 N–H and O–H groups in total. The van der Waals surface area contributed by atoms with Crippen molar-refractivity contribution >= 4 is 23.0 Å². The van der Waals surface area contributed by atoms with E-state index in [4.69, 9.17) is 0 Å². The molecule has 2 aromatic carbocycles. The largest absolute Gasteiger partial charge is 0.356 e. The van der Waals surface area contributed by atoms with Crippen LogP contribution in [0.1, 0.15) is 21.5 Å². The lowest BCUT2D eigenvalue weighted by Gasteiger charge is -2.10. The monoisotopic (exact) mass is 317 g/mol. The Morgan fingerprint density at radius 3 is 2.17 bits per heavy atom. The fourth-order valence-corrected chi connectivity index (χ4v) is 2.55. The Morgan fingerprint density at radius 2 is 1.54 bits per heavy atom. The van der Waals surface area contributed by atoms with Crippen LogP contribution in [-0.2, 0) is 0 Å². The van der Waals surface area contributed by atoms with E-state index in [0.29, 0.717) is 5.56 Å². The van der Waals surface area contributed by atoms with Gasteiger partial charge in [-0.25, -0.2) is 0 Å². The lowest BCUT2D eigenvalue weighted by atomic mass is 10.1. The Bertz CT molecular complexity index is 822. The zero-order chi connectivity index (χ0) is 16.9. The van der Waals surface area contributed by atoms with Crippen molar-refractivity contribution in [2.45, 2.75) is 13.8 Å². The summed E-state index contributed by atoms with van der Waals surface area (Å²) in [6.45, 7) is 4.16. The fourth-order valence-electron chi connectivity index (χ4n) is 2.55. The highest BCUT2D eigenvalue weighted by atomic mass is 16.1. The number of carbonyl (C=O) groups excluding carboxylic acids is 1. The molecule has 0 aliphatic carbocycles. The number of hydrogen-bond donors (Lipinski definition) is 2. The summed E-state index contributed by atoms with van der Waals surface area (Å²) in [6.07, 6.45) is 3.19. The maximum Gasteiger partial charge on any atom is 0.257 e. The average molecular weight is 317 g/mol. The van der Waals surface area contributed by atoms with Gasteiger partial charge in [-0.3, -0.25) is 9.78 Å². The molecule has 1 aromatic heterocycles. The van der Waals surface area contributed by atoms with Crippen molar-refractivity contribution in [1.29, 1.82) is 0 Å². The van der Waals surface area contributed by atoms with Gasteiger partial charge in [0.2, 0.25) is 0 Å². The predicted octanol–water partition coefficient (Wildman–Crippen LogP) is 4.69. The second kappa shape index (κ2) is 6.96. The molecule has 0 atom stereocenters. The van der Waals surface area contributed by atoms with Crippen LogP contribution in [0.15, 0.2) is 67.0 Å². The number of pyridine rings is 1. The molecule has 0 saturated heterocycles. The van der Waals surface area contributed by atoms with Crippen molar-refractivity contribution in [3.8, 4) is 0 Å². The van der Waals surface area contributed by atoms with E-state index in [2.05, 4.69) is 47.7 Å². The number of nitrogens with zero attached hydrogens (tertiary/aromatic N) is 1. The molecule has 0 spiro atoms. The number of hydrogen-bond acceptors (Lipinski definition) is 3. The van der Waals surface area contributed by atoms with Gasteiger partial charge in [0.05, 0.1) is 5.56 Å². The Hall–Kier alpha value is -3.14. The van der Waals surface area contributed by atoms with Gasteiger partial charge in [0.1, 0.15) is 0 Å². The maximum atomic E-state index is 12.1. The van der Waals surface area contributed by atoms with E-state index < -0.39 is 0 Å². The number of nitrogens with one attached hydrogen (secondary N) is 2. The van der Waals surface area contributed by atoms with Crippen molar-refractivity contribution in [2.24, 2.45) is 0 Å². The lowest BCUT2D eigenvalue weighted by molar-refractivity contribution is 0.102. The molecule has 4 heteroatoms. The third kappa shape index (κ3) is 3.98. The van der Waals surface area contributed by atoms with Crippen LogP contribution in [0, 0.1) is 13.8 Å². The van der Waals surface area contributed by atoms with E-state index in [9.17, 15) is 4.79 Å². The summed E-state index contributed by atoms with van der Waals surface area (Å²) < 4.78 is 0. The molecule has 0 saturated carbocycles. The molecule has 3 rings (SSSR count). The van der Waals surface area contributed by atoms with Crippen molar-refractivity contribution in [3.63, 3.8) is 0 Å². The summed E-state index contributed by atoms with van der Waals surface area (Å²) in [4.78, 5) is 16.0. The standard InChI is InChI=1S/C20H19N3O/c1-14-10-15(2)12-19(11-14)22-17-5-7-18(8-6-17)23-20(24)16-4-3-9-21-13-16/h3-13,22H,1-2H3,(H,23,24). The molecule has 24 heavy (non-hydrogen) atoms. The topological polar surface area (TPSA) is 54.0 Å². The fraction of sp³-hybridized carbons (Fsp3) is 0.100. The molecule has 0 fully saturated rings. The predicted molar refractivity (Wildman–Crippen MR) is 97.8 cm³/mol. The first-order chi connectivity index (χ1) is 11.6. The molecule has 0 aliphatic rings. The summed E-state index contributed by atoms with van der Waals surface area (Å²) >= 11 is 0. The van der Waals surface area contributed by atoms with Crippen molar-refractivity contribution < 1.29 is 4.79 Å². The summed E-state index contributed by atoms with van der Waals surface area (Å²) in [5.41, 5.74) is 5.75. The van der Waals surface area contributed by atoms with E-state index >= 15 is 0 Å². The van der Waals surface area contributed by atoms with Crippen molar-refractivity contribution in [3.05, 3.63) is 83.7 Å². The van der Waals surface area contributed by atoms with Crippen LogP contribution in [0.2, 0.25) is 0 Å². The minimum Gasteiger partial charge on any atom is -0.356 e. The van der Waals surface area contributed by atoms with Crippen LogP contribution in [0.5, 0.6) is 0 Å². The SMILES string of the molecule is Cc1cc(C)cc(Nc2ccc(NC(=O)c3cccnc3)cc2)c1. The van der Waals surface area contributed by atoms with E-state index in [0.717, 1.165) is 17.1 Å². The van der Waals surface area contributed by atoms with Gasteiger partial charge in [-0.15, -0.1) is 0 Å². The van der Waals surface area contributed by atoms with Gasteiger partial charge in [-0.2, -0.15) is 0 Å². The second-order valence-corrected chi connectivity index (χ2v) is 5.77. The first kappa shape index (κ1) is 15.7. The number of rotatable bonds is 4. The van der Waals surface area contributed by atoms with Crippen molar-refractivity contribution in [1.82, 2.24) is 4.98 Å². The minimum absolute atomic E-state index is 0.168. The maximum absolute atomic E-state index is 12.1. The van der Waals surface area contributed by atoms with Crippen LogP contribution in [0.4, 0.5) is 17.1 Å². The van der Waals surface area contributed by atoms with Crippen LogP contribution in [0.25, 0.3) is 0 Å². The van der Waals surface area contributed by atoms with E-state index in [1.54, 1.807) is 24.5 Å². The molecule has 0 unspecified atom stereocenters. The number of aryl methyl sites for hydroxylation is 2. The lowest BCUT2D eigenvalue weighted by Crippen LogP contribution is -2.11. The summed E-state index contributed by atoms with van der Waals surface area (Å²) in [5, 5.41) is 6.24. The Labute approximate surface area is 141 Å². The molecule has 1 amide bonds. The van der Waals surface area contributed by atoms with Gasteiger partial charge < -0.3 is 10.6 Å². The highest BCUT2D eigenvalue weighted by molar-refractivity contribution is 6.04. The van der Waals surface area contributed by atoms with Crippen LogP contribution < -0.4 is 10.6 Å². The number of carbonyl (C=O) groups is 1. The molecule has 4 nitrogen and oxygen atoms in total. The molecule has 0 bridgehead atoms. The molecule has 0 aliphatic heterocycles. The Kier molecular flexibility index (Phi) is 4.57. The molecule has 1 heterocycles. The van der Waals surface area contributed by atoms with Gasteiger partial charge in [-0.05, 0) is 73.5 Å². The molecule has 120 valence electrons. The number of aromatic nitrogens is 1. The zero-order valence-corrected chi connectivity index (χ0v) is 13.7.